The van der Waals surface area contributed by atoms with Gasteiger partial charge in [0.15, 0.2) is 0 Å². The van der Waals surface area contributed by atoms with Gasteiger partial charge >= 0.3 is 0 Å². The third-order valence-corrected chi connectivity index (χ3v) is 3.46. The van der Waals surface area contributed by atoms with Crippen LogP contribution in [0.5, 0.6) is 0 Å². The first-order valence-corrected chi connectivity index (χ1v) is 6.68. The van der Waals surface area contributed by atoms with Gasteiger partial charge in [-0.05, 0) is 26.7 Å². The Hall–Kier alpha value is -2.15. The number of aryl methyl sites for hydroxylation is 2. The minimum Gasteiger partial charge on any atom is -0.366 e. The molecule has 0 saturated heterocycles. The van der Waals surface area contributed by atoms with Crippen molar-refractivity contribution >= 4 is 11.6 Å². The summed E-state index contributed by atoms with van der Waals surface area (Å²) < 4.78 is 5.15. The second-order valence-electron chi connectivity index (χ2n) is 5.07. The Labute approximate surface area is 116 Å². The average Bonchev–Trinajstić information content (AvgIpc) is 3.25. The summed E-state index contributed by atoms with van der Waals surface area (Å²) in [6.07, 6.45) is 2.30. The van der Waals surface area contributed by atoms with Crippen molar-refractivity contribution in [3.05, 3.63) is 28.9 Å². The highest BCUT2D eigenvalue weighted by Crippen LogP contribution is 2.38. The van der Waals surface area contributed by atoms with Gasteiger partial charge < -0.3 is 15.3 Å². The molecule has 0 bridgehead atoms. The fourth-order valence-electron chi connectivity index (χ4n) is 2.09. The van der Waals surface area contributed by atoms with Gasteiger partial charge in [0.25, 0.3) is 0 Å². The van der Waals surface area contributed by atoms with Gasteiger partial charge in [-0.3, -0.25) is 0 Å². The third kappa shape index (κ3) is 2.57. The van der Waals surface area contributed by atoms with E-state index in [-0.39, 0.29) is 0 Å². The van der Waals surface area contributed by atoms with Crippen LogP contribution in [-0.2, 0) is 6.54 Å². The number of aromatic nitrogens is 3. The number of anilines is 2. The molecule has 7 nitrogen and oxygen atoms in total. The maximum atomic E-state index is 5.45. The summed E-state index contributed by atoms with van der Waals surface area (Å²) in [7, 11) is 0. The van der Waals surface area contributed by atoms with Crippen LogP contribution in [0.4, 0.5) is 11.6 Å². The first-order valence-electron chi connectivity index (χ1n) is 6.68. The molecule has 1 fully saturated rings. The molecule has 1 aliphatic rings. The topological polar surface area (TPSA) is 102 Å². The molecular formula is C13H18N6O. The van der Waals surface area contributed by atoms with E-state index in [9.17, 15) is 0 Å². The van der Waals surface area contributed by atoms with Gasteiger partial charge in [0.1, 0.15) is 23.2 Å². The van der Waals surface area contributed by atoms with Crippen molar-refractivity contribution in [3.63, 3.8) is 0 Å². The van der Waals surface area contributed by atoms with Crippen LogP contribution in [0.15, 0.2) is 10.6 Å². The van der Waals surface area contributed by atoms with E-state index in [2.05, 4.69) is 25.9 Å². The highest BCUT2D eigenvalue weighted by Gasteiger charge is 2.27. The van der Waals surface area contributed by atoms with Crippen LogP contribution in [0.25, 0.3) is 0 Å². The number of nitrogen functional groups attached to an aromatic ring is 1. The largest absolute Gasteiger partial charge is 0.366 e. The van der Waals surface area contributed by atoms with Crippen LogP contribution < -0.4 is 16.6 Å². The Morgan fingerprint density at radius 1 is 1.30 bits per heavy atom. The lowest BCUT2D eigenvalue weighted by molar-refractivity contribution is 0.392. The quantitative estimate of drug-likeness (QED) is 0.565. The SMILES string of the molecule is Cc1noc(C)c1CNc1cc(NN)nc(C2CC2)n1. The molecular weight excluding hydrogens is 256 g/mol. The zero-order valence-electron chi connectivity index (χ0n) is 11.6. The number of hydrazine groups is 1. The van der Waals surface area contributed by atoms with E-state index < -0.39 is 0 Å². The van der Waals surface area contributed by atoms with E-state index in [1.165, 1.54) is 0 Å². The van der Waals surface area contributed by atoms with Gasteiger partial charge in [-0.2, -0.15) is 0 Å². The summed E-state index contributed by atoms with van der Waals surface area (Å²) >= 11 is 0. The molecule has 0 unspecified atom stereocenters. The van der Waals surface area contributed by atoms with E-state index in [4.69, 9.17) is 10.4 Å². The van der Waals surface area contributed by atoms with Crippen molar-refractivity contribution in [2.75, 3.05) is 10.7 Å². The zero-order chi connectivity index (χ0) is 14.1. The molecule has 0 atom stereocenters. The van der Waals surface area contributed by atoms with Gasteiger partial charge in [-0.25, -0.2) is 15.8 Å². The molecule has 0 radical (unpaired) electrons. The number of hydrogen-bond acceptors (Lipinski definition) is 7. The van der Waals surface area contributed by atoms with Gasteiger partial charge in [-0.15, -0.1) is 0 Å². The van der Waals surface area contributed by atoms with Crippen LogP contribution in [0, 0.1) is 13.8 Å². The summed E-state index contributed by atoms with van der Waals surface area (Å²) in [5.74, 6) is 8.99. The highest BCUT2D eigenvalue weighted by atomic mass is 16.5. The lowest BCUT2D eigenvalue weighted by atomic mass is 10.2. The first-order chi connectivity index (χ1) is 9.67. The lowest BCUT2D eigenvalue weighted by Crippen LogP contribution is -2.12. The van der Waals surface area contributed by atoms with E-state index >= 15 is 0 Å². The molecule has 0 aromatic carbocycles. The average molecular weight is 274 g/mol. The Kier molecular flexibility index (Phi) is 3.27. The van der Waals surface area contributed by atoms with Crippen molar-refractivity contribution in [3.8, 4) is 0 Å². The van der Waals surface area contributed by atoms with Crippen LogP contribution in [0.3, 0.4) is 0 Å². The van der Waals surface area contributed by atoms with Crippen molar-refractivity contribution in [2.45, 2.75) is 39.2 Å². The smallest absolute Gasteiger partial charge is 0.145 e. The molecule has 0 spiro atoms. The Morgan fingerprint density at radius 2 is 2.05 bits per heavy atom. The van der Waals surface area contributed by atoms with E-state index in [0.29, 0.717) is 18.3 Å². The van der Waals surface area contributed by atoms with Crippen molar-refractivity contribution in [1.82, 2.24) is 15.1 Å². The normalized spacial score (nSPS) is 14.3. The van der Waals surface area contributed by atoms with E-state index in [1.807, 2.05) is 13.8 Å². The van der Waals surface area contributed by atoms with Crippen LogP contribution >= 0.6 is 0 Å². The lowest BCUT2D eigenvalue weighted by Gasteiger charge is -2.09. The van der Waals surface area contributed by atoms with Crippen molar-refractivity contribution in [2.24, 2.45) is 5.84 Å². The first kappa shape index (κ1) is 12.9. The summed E-state index contributed by atoms with van der Waals surface area (Å²) in [6.45, 7) is 4.45. The van der Waals surface area contributed by atoms with Gasteiger partial charge in [0.05, 0.1) is 5.69 Å². The summed E-state index contributed by atoms with van der Waals surface area (Å²) in [6, 6.07) is 1.80. The molecule has 2 aromatic rings. The molecule has 7 heteroatoms. The summed E-state index contributed by atoms with van der Waals surface area (Å²) in [5.41, 5.74) is 4.53. The summed E-state index contributed by atoms with van der Waals surface area (Å²) in [5, 5.41) is 7.22. The number of nitrogens with zero attached hydrogens (tertiary/aromatic N) is 3. The fraction of sp³-hybridized carbons (Fsp3) is 0.462. The highest BCUT2D eigenvalue weighted by molar-refractivity contribution is 5.48. The minimum atomic E-state index is 0.475. The maximum Gasteiger partial charge on any atom is 0.145 e. The Bertz CT molecular complexity index is 600. The molecule has 2 heterocycles. The molecule has 20 heavy (non-hydrogen) atoms. The third-order valence-electron chi connectivity index (χ3n) is 3.46. The predicted molar refractivity (Wildman–Crippen MR) is 75.1 cm³/mol. The number of nitrogens with one attached hydrogen (secondary N) is 2. The molecule has 0 amide bonds. The number of rotatable bonds is 5. The number of hydrogen-bond donors (Lipinski definition) is 3. The van der Waals surface area contributed by atoms with Crippen molar-refractivity contribution < 1.29 is 4.52 Å². The predicted octanol–water partition coefficient (Wildman–Crippen LogP) is 1.86. The number of nitrogens with two attached hydrogens (primary N) is 1. The molecule has 1 saturated carbocycles. The molecule has 106 valence electrons. The van der Waals surface area contributed by atoms with Crippen LogP contribution in [0.1, 0.15) is 41.6 Å². The van der Waals surface area contributed by atoms with Gasteiger partial charge in [0, 0.05) is 24.1 Å². The van der Waals surface area contributed by atoms with E-state index in [0.717, 1.165) is 41.5 Å². The Balaban J connectivity index is 1.78. The maximum absolute atomic E-state index is 5.45. The summed E-state index contributed by atoms with van der Waals surface area (Å²) in [4.78, 5) is 8.91. The molecule has 4 N–H and O–H groups in total. The van der Waals surface area contributed by atoms with E-state index in [1.54, 1.807) is 6.07 Å². The monoisotopic (exact) mass is 274 g/mol. The van der Waals surface area contributed by atoms with Crippen LogP contribution in [0.2, 0.25) is 0 Å². The van der Waals surface area contributed by atoms with Gasteiger partial charge in [0.2, 0.25) is 0 Å². The molecule has 3 rings (SSSR count). The van der Waals surface area contributed by atoms with Crippen LogP contribution in [-0.4, -0.2) is 15.1 Å². The molecule has 1 aliphatic carbocycles. The second kappa shape index (κ2) is 5.09. The molecule has 0 aliphatic heterocycles. The standard InChI is InChI=1S/C13H18N6O/c1-7-10(8(2)20-19-7)6-15-11-5-12(18-14)17-13(16-11)9-3-4-9/h5,9H,3-4,6,14H2,1-2H3,(H2,15,16,17,18). The zero-order valence-corrected chi connectivity index (χ0v) is 11.6. The molecule has 2 aromatic heterocycles. The fourth-order valence-corrected chi connectivity index (χ4v) is 2.09. The second-order valence-corrected chi connectivity index (χ2v) is 5.07. The minimum absolute atomic E-state index is 0.475. The Morgan fingerprint density at radius 3 is 2.65 bits per heavy atom. The van der Waals surface area contributed by atoms with Gasteiger partial charge in [-0.1, -0.05) is 5.16 Å². The van der Waals surface area contributed by atoms with Crippen molar-refractivity contribution in [1.29, 1.82) is 0 Å².